The molecule has 0 amide bonds. The summed E-state index contributed by atoms with van der Waals surface area (Å²) in [5, 5.41) is 83.7. The number of nitrogens with one attached hydrogen (secondary N) is 1. The van der Waals surface area contributed by atoms with Crippen LogP contribution in [0.15, 0.2) is 115 Å². The second-order valence-electron chi connectivity index (χ2n) is 20.2. The summed E-state index contributed by atoms with van der Waals surface area (Å²) in [6.07, 6.45) is 3.75. The first-order chi connectivity index (χ1) is 48.8. The van der Waals surface area contributed by atoms with Crippen molar-refractivity contribution in [1.82, 2.24) is 35.7 Å². The summed E-state index contributed by atoms with van der Waals surface area (Å²) < 4.78 is 40.0. The number of oxime groups is 2. The van der Waals surface area contributed by atoms with Gasteiger partial charge < -0.3 is 55.3 Å². The first kappa shape index (κ1) is 87.3. The number of halogens is 7. The Bertz CT molecular complexity index is 4220. The van der Waals surface area contributed by atoms with Gasteiger partial charge in [-0.05, 0) is 131 Å². The Labute approximate surface area is 620 Å². The van der Waals surface area contributed by atoms with Crippen LogP contribution < -0.4 is 26.6 Å². The fourth-order valence-corrected chi connectivity index (χ4v) is 7.69. The van der Waals surface area contributed by atoms with Crippen molar-refractivity contribution in [1.29, 1.82) is 5.26 Å². The van der Waals surface area contributed by atoms with Crippen molar-refractivity contribution in [3.8, 4) is 40.2 Å². The van der Waals surface area contributed by atoms with E-state index in [0.717, 1.165) is 49.4 Å². The number of nitrogens with zero attached hydrogens (tertiary/aromatic N) is 15. The zero-order chi connectivity index (χ0) is 77.5. The predicted octanol–water partition coefficient (Wildman–Crippen LogP) is 14.1. The van der Waals surface area contributed by atoms with E-state index in [9.17, 15) is 54.2 Å². The van der Waals surface area contributed by atoms with Crippen molar-refractivity contribution in [3.05, 3.63) is 176 Å². The molecule has 7 heterocycles. The molecule has 0 atom stereocenters. The van der Waals surface area contributed by atoms with Crippen molar-refractivity contribution < 1.29 is 63.5 Å². The van der Waals surface area contributed by atoms with E-state index < -0.39 is 56.9 Å². The van der Waals surface area contributed by atoms with Gasteiger partial charge in [0.25, 0.3) is 22.7 Å². The third-order valence-electron chi connectivity index (χ3n) is 13.2. The molecule has 5 aromatic carbocycles. The van der Waals surface area contributed by atoms with Crippen LogP contribution in [0.25, 0.3) is 34.2 Å². The van der Waals surface area contributed by atoms with Gasteiger partial charge in [-0.2, -0.15) is 20.2 Å². The van der Waals surface area contributed by atoms with Crippen LogP contribution in [0.2, 0.25) is 5.35 Å². The number of nitro benzene ring substituents is 4. The number of carbonyl (C=O) groups is 1. The number of nitrogens with two attached hydrogens (primary N) is 2. The topological polar surface area (TPSA) is 492 Å². The number of aromatic nitrogens is 6. The van der Waals surface area contributed by atoms with E-state index in [4.69, 9.17) is 66.9 Å². The van der Waals surface area contributed by atoms with E-state index in [-0.39, 0.29) is 52.8 Å². The van der Waals surface area contributed by atoms with Crippen molar-refractivity contribution >= 4 is 145 Å². The Morgan fingerprint density at radius 3 is 1.32 bits per heavy atom. The summed E-state index contributed by atoms with van der Waals surface area (Å²) in [5.74, 6) is 0.614. The SMILES string of the molecule is C1CNC1.CC#N.CCO.Cc1ccc(-c2noc(Cl)n2)cc1[N+](=O)[O-].Cc1ccc(-c2noc(N3CCC3)n2)cc1N.Cc1ccc(-c2noc(N3CCC3)n2)cc1[N+](=O)[O-].Cc1ccc(/C(N)=N/O)cc1[N+](=O)[O-].Cc1ccc(C2=NOC(=O)C2)cc1[N+](=O)[O-].O=P(Cl)(Cl)Cl.[2H]CF.[Cl][Sn][Cl]. The molecule has 4 aliphatic rings. The summed E-state index contributed by atoms with van der Waals surface area (Å²) in [5.41, 5.74) is 18.6. The van der Waals surface area contributed by atoms with Crippen molar-refractivity contribution in [2.24, 2.45) is 16.0 Å². The van der Waals surface area contributed by atoms with E-state index in [1.54, 1.807) is 89.2 Å². The van der Waals surface area contributed by atoms with Crippen LogP contribution in [0.5, 0.6) is 0 Å². The van der Waals surface area contributed by atoms with Crippen LogP contribution in [-0.2, 0) is 14.2 Å². The summed E-state index contributed by atoms with van der Waals surface area (Å²) in [6, 6.07) is 27.3. The number of rotatable bonds is 11. The molecule has 3 aromatic heterocycles. The molecule has 548 valence electrons. The Morgan fingerprint density at radius 1 is 0.696 bits per heavy atom. The Balaban J connectivity index is 0.000000409. The van der Waals surface area contributed by atoms with Crippen molar-refractivity contribution in [3.63, 3.8) is 0 Å². The zero-order valence-electron chi connectivity index (χ0n) is 56.2. The Morgan fingerprint density at radius 2 is 1.02 bits per heavy atom. The second-order valence-corrected chi connectivity index (χ2v) is 31.4. The van der Waals surface area contributed by atoms with Gasteiger partial charge in [-0.1, -0.05) is 86.4 Å². The molecule has 8 aromatic rings. The summed E-state index contributed by atoms with van der Waals surface area (Å²) in [4.78, 5) is 72.8. The molecular formula is C59H68Cl6FN18O16PSn. The third kappa shape index (κ3) is 31.1. The molecule has 12 rings (SSSR count). The van der Waals surface area contributed by atoms with Gasteiger partial charge in [-0.15, -0.1) is 0 Å². The number of nitrogen functional groups attached to an aromatic ring is 1. The van der Waals surface area contributed by atoms with Gasteiger partial charge >= 0.3 is 65.3 Å². The number of carbonyl (C=O) groups excluding carboxylic acids is 1. The van der Waals surface area contributed by atoms with Crippen LogP contribution >= 0.6 is 68.4 Å². The number of aliphatic hydroxyl groups is 1. The van der Waals surface area contributed by atoms with Crippen LogP contribution in [-0.4, -0.2) is 150 Å². The van der Waals surface area contributed by atoms with Crippen LogP contribution in [0.1, 0.15) is 79.8 Å². The second kappa shape index (κ2) is 46.5. The third-order valence-corrected chi connectivity index (χ3v) is 13.3. The number of nitriles is 1. The number of nitro groups is 4. The van der Waals surface area contributed by atoms with Gasteiger partial charge in [0.05, 0.1) is 46.4 Å². The summed E-state index contributed by atoms with van der Waals surface area (Å²) in [6.45, 7) is 18.3. The predicted molar refractivity (Wildman–Crippen MR) is 386 cm³/mol. The van der Waals surface area contributed by atoms with Crippen LogP contribution in [0.3, 0.4) is 0 Å². The standard InChI is InChI=1S/C12H12N4O3.C12H14N4O.C10H8N2O4.C9H6ClN3O3.C8H9N3O3.C3H7N.C2H3N.C2H6O.CH3F.Cl3OP.2ClH.Sn/c1-8-3-4-9(7-10(8)16(17)18)11-13-12(19-14-11)15-5-2-6-15;1-8-3-4-9(7-10(8)13)11-14-12(17-15-11)16-5-2-6-16;1-6-2-3-7(4-9(6)12(14)15)8-5-10(13)16-11-8;1-5-2-3-6(4-7(5)13(14)15)8-11-9(10)16-12-8;1-5-2-3-6(8(9)10-12)4-7(5)11(13)14;1-2-4-3-1;2*1-2-3;1-2;1-5(2,3)4;;;/h3-4,7H,2,5-6H2,1H3;3-4,7H,2,5-6,13H2,1H3;2-4H,5H2,1H3;2-4H,1H3;2-4,12H,1H3,(H2,9,10);4H,1-3H2;1H3;3H,2H2,1H3;1H3;;2*1H;/q;;;;;;;;;;;;+2/p-2/i;;;;;;;;1D;;;;. The number of aliphatic hydroxyl groups excluding tert-OH is 1. The fraction of sp³-hybridized carbons (Fsp3) is 0.322. The van der Waals surface area contributed by atoms with Crippen LogP contribution in [0.4, 0.5) is 44.9 Å². The molecule has 2 radical (unpaired) electrons. The molecule has 0 bridgehead atoms. The number of amidine groups is 1. The molecule has 0 spiro atoms. The Hall–Kier alpha value is -8.96. The van der Waals surface area contributed by atoms with Gasteiger partial charge in [-0.3, -0.25) is 49.4 Å². The average Bonchev–Trinajstić information content (AvgIpc) is 1.75. The molecule has 7 N–H and O–H groups in total. The summed E-state index contributed by atoms with van der Waals surface area (Å²) >= 11 is 18.5. The van der Waals surface area contributed by atoms with Crippen molar-refractivity contribution in [2.45, 2.75) is 74.1 Å². The van der Waals surface area contributed by atoms with Gasteiger partial charge in [0.2, 0.25) is 17.5 Å². The number of hydrogen-bond donors (Lipinski definition) is 5. The monoisotopic (exact) mass is 1670 g/mol. The number of anilines is 3. The molecule has 0 aliphatic carbocycles. The van der Waals surface area contributed by atoms with E-state index >= 15 is 0 Å². The molecule has 0 unspecified atom stereocenters. The molecule has 34 nitrogen and oxygen atoms in total. The maximum atomic E-state index is 10.9. The van der Waals surface area contributed by atoms with E-state index in [0.29, 0.717) is 73.9 Å². The average molecular weight is 1670 g/mol. The van der Waals surface area contributed by atoms with Gasteiger partial charge in [0.15, 0.2) is 5.84 Å². The van der Waals surface area contributed by atoms with Gasteiger partial charge in [-0.25, -0.2) is 4.79 Å². The number of benzene rings is 5. The molecular weight excluding hydrogens is 1600 g/mol. The number of aryl methyl sites for hydroxylation is 5. The molecule has 102 heavy (non-hydrogen) atoms. The molecule has 3 fully saturated rings. The van der Waals surface area contributed by atoms with E-state index in [1.165, 1.54) is 57.1 Å². The number of hydrogen-bond acceptors (Lipinski definition) is 29. The normalized spacial score (nSPS) is 12.7. The minimum absolute atomic E-state index is 0.0124. The first-order valence-corrected chi connectivity index (χ1v) is 41.2. The fourth-order valence-electron chi connectivity index (χ4n) is 7.58. The van der Waals surface area contributed by atoms with E-state index in [1.807, 2.05) is 30.0 Å². The van der Waals surface area contributed by atoms with Gasteiger partial charge in [0.1, 0.15) is 0 Å². The zero-order valence-corrected chi connectivity index (χ0v) is 63.5. The molecule has 4 aliphatic heterocycles. The number of alkyl halides is 1. The molecule has 43 heteroatoms. The molecule has 0 saturated carbocycles. The van der Waals surface area contributed by atoms with E-state index in [2.05, 4.69) is 94.0 Å². The van der Waals surface area contributed by atoms with Crippen molar-refractivity contribution in [2.75, 3.05) is 68.6 Å². The van der Waals surface area contributed by atoms with Gasteiger partial charge in [0, 0.05) is 120 Å². The van der Waals surface area contributed by atoms with Crippen LogP contribution in [0, 0.1) is 86.4 Å². The quantitative estimate of drug-likeness (QED) is 0.00924. The molecule has 3 saturated heterocycles. The summed E-state index contributed by atoms with van der Waals surface area (Å²) in [7, 11) is 8.87. The first-order valence-electron chi connectivity index (χ1n) is 29.9. The Kier molecular flexibility index (Phi) is 39.8. The maximum absolute atomic E-state index is 10.9. The minimum atomic E-state index is -3.22.